The molecule has 2 atom stereocenters. The molecule has 0 heterocycles. The van der Waals surface area contributed by atoms with Crippen LogP contribution in [0.25, 0.3) is 0 Å². The maximum absolute atomic E-state index is 12.2. The molecule has 28 heavy (non-hydrogen) atoms. The SMILES string of the molecule is C[C@@H](N)C(NC(=O)c1ccc(C#CC#Cc2ccc(O)cc2)cc1)C(=O)NO. The molecule has 0 spiro atoms. The minimum Gasteiger partial charge on any atom is -0.508 e. The van der Waals surface area contributed by atoms with Gasteiger partial charge in [-0.15, -0.1) is 0 Å². The number of nitrogens with two attached hydrogens (primary N) is 1. The third kappa shape index (κ3) is 5.89. The molecule has 0 radical (unpaired) electrons. The van der Waals surface area contributed by atoms with Gasteiger partial charge in [0.05, 0.1) is 0 Å². The number of phenols is 1. The highest BCUT2D eigenvalue weighted by Gasteiger charge is 2.24. The van der Waals surface area contributed by atoms with E-state index < -0.39 is 23.9 Å². The van der Waals surface area contributed by atoms with Gasteiger partial charge in [-0.3, -0.25) is 14.8 Å². The summed E-state index contributed by atoms with van der Waals surface area (Å²) in [5.74, 6) is 10.0. The summed E-state index contributed by atoms with van der Waals surface area (Å²) in [5.41, 5.74) is 8.84. The molecule has 142 valence electrons. The van der Waals surface area contributed by atoms with Gasteiger partial charge in [-0.25, -0.2) is 5.48 Å². The fraction of sp³-hybridized carbons (Fsp3) is 0.143. The molecule has 0 saturated heterocycles. The van der Waals surface area contributed by atoms with Gasteiger partial charge < -0.3 is 16.2 Å². The summed E-state index contributed by atoms with van der Waals surface area (Å²) in [5, 5.41) is 20.4. The zero-order valence-corrected chi connectivity index (χ0v) is 15.1. The van der Waals surface area contributed by atoms with E-state index in [1.54, 1.807) is 48.5 Å². The second kappa shape index (κ2) is 9.79. The summed E-state index contributed by atoms with van der Waals surface area (Å²) in [6, 6.07) is 11.1. The van der Waals surface area contributed by atoms with Crippen LogP contribution in [0.5, 0.6) is 5.75 Å². The number of hydrogen-bond donors (Lipinski definition) is 5. The van der Waals surface area contributed by atoms with Crippen molar-refractivity contribution in [2.45, 2.75) is 19.0 Å². The van der Waals surface area contributed by atoms with E-state index in [1.165, 1.54) is 12.4 Å². The van der Waals surface area contributed by atoms with Crippen LogP contribution in [-0.2, 0) is 4.79 Å². The van der Waals surface area contributed by atoms with Crippen molar-refractivity contribution in [2.24, 2.45) is 5.73 Å². The topological polar surface area (TPSA) is 125 Å². The maximum Gasteiger partial charge on any atom is 0.267 e. The zero-order valence-electron chi connectivity index (χ0n) is 15.1. The first-order valence-electron chi connectivity index (χ1n) is 8.32. The van der Waals surface area contributed by atoms with Crippen LogP contribution in [0.15, 0.2) is 48.5 Å². The lowest BCUT2D eigenvalue weighted by molar-refractivity contribution is -0.131. The predicted octanol–water partition coefficient (Wildman–Crippen LogP) is 0.746. The molecule has 0 fully saturated rings. The maximum atomic E-state index is 12.2. The number of nitrogens with one attached hydrogen (secondary N) is 2. The van der Waals surface area contributed by atoms with Crippen molar-refractivity contribution in [1.29, 1.82) is 0 Å². The van der Waals surface area contributed by atoms with Gasteiger partial charge in [-0.05, 0) is 67.3 Å². The van der Waals surface area contributed by atoms with Crippen molar-refractivity contribution in [3.8, 4) is 29.4 Å². The van der Waals surface area contributed by atoms with Gasteiger partial charge in [0, 0.05) is 22.7 Å². The molecule has 2 amide bonds. The van der Waals surface area contributed by atoms with Gasteiger partial charge in [0.15, 0.2) is 0 Å². The molecule has 7 nitrogen and oxygen atoms in total. The molecule has 2 aromatic carbocycles. The van der Waals surface area contributed by atoms with Crippen LogP contribution in [0.1, 0.15) is 28.4 Å². The lowest BCUT2D eigenvalue weighted by Gasteiger charge is -2.19. The van der Waals surface area contributed by atoms with E-state index in [9.17, 15) is 14.7 Å². The number of hydroxylamine groups is 1. The minimum absolute atomic E-state index is 0.171. The number of phenolic OH excluding ortho intramolecular Hbond substituents is 1. The number of rotatable bonds is 4. The van der Waals surface area contributed by atoms with E-state index in [0.29, 0.717) is 11.1 Å². The second-order valence-corrected chi connectivity index (χ2v) is 5.91. The molecular weight excluding hydrogens is 358 g/mol. The predicted molar refractivity (Wildman–Crippen MR) is 103 cm³/mol. The lowest BCUT2D eigenvalue weighted by atomic mass is 10.1. The summed E-state index contributed by atoms with van der Waals surface area (Å²) in [7, 11) is 0. The van der Waals surface area contributed by atoms with Gasteiger partial charge in [0.25, 0.3) is 11.8 Å². The van der Waals surface area contributed by atoms with Crippen LogP contribution in [0.2, 0.25) is 0 Å². The Morgan fingerprint density at radius 3 is 1.93 bits per heavy atom. The summed E-state index contributed by atoms with van der Waals surface area (Å²) >= 11 is 0. The molecule has 0 aliphatic rings. The smallest absolute Gasteiger partial charge is 0.267 e. The molecule has 0 aliphatic carbocycles. The van der Waals surface area contributed by atoms with Crippen LogP contribution >= 0.6 is 0 Å². The van der Waals surface area contributed by atoms with Crippen molar-refractivity contribution in [2.75, 3.05) is 0 Å². The number of benzene rings is 2. The lowest BCUT2D eigenvalue weighted by Crippen LogP contribution is -2.54. The molecule has 2 rings (SSSR count). The molecule has 1 unspecified atom stereocenters. The Morgan fingerprint density at radius 2 is 1.46 bits per heavy atom. The molecule has 2 aromatic rings. The van der Waals surface area contributed by atoms with Gasteiger partial charge in [0.1, 0.15) is 11.8 Å². The Balaban J connectivity index is 2.03. The van der Waals surface area contributed by atoms with Crippen molar-refractivity contribution >= 4 is 11.8 Å². The molecule has 7 heteroatoms. The Hall–Kier alpha value is -3.78. The van der Waals surface area contributed by atoms with Crippen molar-refractivity contribution < 1.29 is 19.9 Å². The van der Waals surface area contributed by atoms with Crippen molar-refractivity contribution in [1.82, 2.24) is 10.8 Å². The van der Waals surface area contributed by atoms with Crippen molar-refractivity contribution in [3.05, 3.63) is 65.2 Å². The van der Waals surface area contributed by atoms with Crippen molar-refractivity contribution in [3.63, 3.8) is 0 Å². The van der Waals surface area contributed by atoms with Crippen LogP contribution in [0, 0.1) is 23.7 Å². The molecule has 0 saturated carbocycles. The third-order valence-corrected chi connectivity index (χ3v) is 3.70. The number of aromatic hydroxyl groups is 1. The van der Waals surface area contributed by atoms with E-state index in [0.717, 1.165) is 5.56 Å². The van der Waals surface area contributed by atoms with E-state index in [-0.39, 0.29) is 5.75 Å². The van der Waals surface area contributed by atoms with Crippen LogP contribution in [0.4, 0.5) is 0 Å². The minimum atomic E-state index is -1.06. The van der Waals surface area contributed by atoms with Gasteiger partial charge in [-0.2, -0.15) is 0 Å². The number of carbonyl (C=O) groups is 2. The fourth-order valence-electron chi connectivity index (χ4n) is 2.19. The van der Waals surface area contributed by atoms with Crippen LogP contribution < -0.4 is 16.5 Å². The average Bonchev–Trinajstić information content (AvgIpc) is 2.70. The Labute approximate surface area is 162 Å². The van der Waals surface area contributed by atoms with Gasteiger partial charge >= 0.3 is 0 Å². The van der Waals surface area contributed by atoms with Crippen LogP contribution in [-0.4, -0.2) is 34.2 Å². The highest BCUT2D eigenvalue weighted by Crippen LogP contribution is 2.08. The highest BCUT2D eigenvalue weighted by atomic mass is 16.5. The second-order valence-electron chi connectivity index (χ2n) is 5.91. The third-order valence-electron chi connectivity index (χ3n) is 3.70. The Kier molecular flexibility index (Phi) is 7.18. The first kappa shape index (κ1) is 20.5. The Morgan fingerprint density at radius 1 is 0.964 bits per heavy atom. The highest BCUT2D eigenvalue weighted by molar-refractivity contribution is 5.97. The molecule has 0 aromatic heterocycles. The largest absolute Gasteiger partial charge is 0.508 e. The fourth-order valence-corrected chi connectivity index (χ4v) is 2.19. The molecular formula is C21H19N3O4. The Bertz CT molecular complexity index is 959. The number of hydrogen-bond acceptors (Lipinski definition) is 5. The van der Waals surface area contributed by atoms with E-state index >= 15 is 0 Å². The van der Waals surface area contributed by atoms with E-state index in [4.69, 9.17) is 10.9 Å². The average molecular weight is 377 g/mol. The monoisotopic (exact) mass is 377 g/mol. The molecule has 6 N–H and O–H groups in total. The van der Waals surface area contributed by atoms with Gasteiger partial charge in [-0.1, -0.05) is 11.8 Å². The standard InChI is InChI=1S/C21H19N3O4/c1-14(22)19(21(27)24-28)23-20(26)17-10-6-15(7-11-17)4-2-3-5-16-8-12-18(25)13-9-16/h6-14,19,25,28H,22H2,1H3,(H,23,26)(H,24,27)/t14-,19?/m1/s1. The first-order valence-corrected chi connectivity index (χ1v) is 8.32. The molecule has 0 aliphatic heterocycles. The van der Waals surface area contributed by atoms with E-state index in [1.807, 2.05) is 0 Å². The number of carbonyl (C=O) groups excluding carboxylic acids is 2. The number of amides is 2. The summed E-state index contributed by atoms with van der Waals surface area (Å²) in [6.07, 6.45) is 0. The summed E-state index contributed by atoms with van der Waals surface area (Å²) < 4.78 is 0. The van der Waals surface area contributed by atoms with Gasteiger partial charge in [0.2, 0.25) is 0 Å². The van der Waals surface area contributed by atoms with Crippen LogP contribution in [0.3, 0.4) is 0 Å². The zero-order chi connectivity index (χ0) is 20.5. The normalized spacial score (nSPS) is 11.7. The summed E-state index contributed by atoms with van der Waals surface area (Å²) in [4.78, 5) is 23.8. The quantitative estimate of drug-likeness (QED) is 0.305. The molecule has 0 bridgehead atoms. The first-order chi connectivity index (χ1) is 13.4. The van der Waals surface area contributed by atoms with E-state index in [2.05, 4.69) is 29.0 Å². The summed E-state index contributed by atoms with van der Waals surface area (Å²) in [6.45, 7) is 1.54.